The van der Waals surface area contributed by atoms with Crippen molar-refractivity contribution in [3.63, 3.8) is 0 Å². The number of likely N-dealkylation sites (N-methyl/N-ethyl adjacent to an activating group) is 1. The summed E-state index contributed by atoms with van der Waals surface area (Å²) in [7, 11) is 2.04. The molecule has 0 heterocycles. The summed E-state index contributed by atoms with van der Waals surface area (Å²) in [6.45, 7) is 0. The van der Waals surface area contributed by atoms with Gasteiger partial charge in [-0.05, 0) is 36.6 Å². The van der Waals surface area contributed by atoms with Crippen LogP contribution >= 0.6 is 0 Å². The minimum Gasteiger partial charge on any atom is -0.308 e. The van der Waals surface area contributed by atoms with Crippen LogP contribution in [-0.2, 0) is 6.42 Å². The van der Waals surface area contributed by atoms with Gasteiger partial charge in [0.1, 0.15) is 0 Å². The lowest BCUT2D eigenvalue weighted by Crippen LogP contribution is -2.39. The van der Waals surface area contributed by atoms with Gasteiger partial charge in [0, 0.05) is 0 Å². The van der Waals surface area contributed by atoms with Crippen LogP contribution in [0.3, 0.4) is 0 Å². The Bertz CT molecular complexity index is 710. The topological polar surface area (TPSA) is 12.0 Å². The molecule has 1 atom stereocenters. The first kappa shape index (κ1) is 15.5. The molecule has 1 aliphatic carbocycles. The quantitative estimate of drug-likeness (QED) is 0.837. The molecule has 2 aromatic rings. The molecule has 0 spiro atoms. The highest BCUT2D eigenvalue weighted by Crippen LogP contribution is 2.27. The highest BCUT2D eigenvalue weighted by atomic mass is 14.9. The SMILES string of the molecule is CNC1(CCc2ccccc2)C=CC=CC(c2ccccc2)=C1. The van der Waals surface area contributed by atoms with Crippen LogP contribution in [0.1, 0.15) is 17.5 Å². The van der Waals surface area contributed by atoms with Crippen molar-refractivity contribution in [3.8, 4) is 0 Å². The highest BCUT2D eigenvalue weighted by molar-refractivity contribution is 5.76. The van der Waals surface area contributed by atoms with E-state index < -0.39 is 0 Å². The second kappa shape index (κ2) is 7.26. The van der Waals surface area contributed by atoms with E-state index in [1.165, 1.54) is 16.7 Å². The van der Waals surface area contributed by atoms with E-state index in [9.17, 15) is 0 Å². The third-order valence-electron chi connectivity index (χ3n) is 4.44. The Kier molecular flexibility index (Phi) is 4.89. The minimum atomic E-state index is -0.121. The van der Waals surface area contributed by atoms with Crippen LogP contribution in [0.25, 0.3) is 5.57 Å². The van der Waals surface area contributed by atoms with Gasteiger partial charge < -0.3 is 5.32 Å². The minimum absolute atomic E-state index is 0.121. The molecule has 0 saturated carbocycles. The van der Waals surface area contributed by atoms with Gasteiger partial charge in [-0.25, -0.2) is 0 Å². The molecule has 23 heavy (non-hydrogen) atoms. The van der Waals surface area contributed by atoms with Crippen LogP contribution < -0.4 is 5.32 Å². The summed E-state index contributed by atoms with van der Waals surface area (Å²) in [4.78, 5) is 0. The summed E-state index contributed by atoms with van der Waals surface area (Å²) in [5.74, 6) is 0. The van der Waals surface area contributed by atoms with E-state index in [2.05, 4.69) is 96.4 Å². The zero-order valence-electron chi connectivity index (χ0n) is 13.6. The number of allylic oxidation sites excluding steroid dienone is 4. The number of hydrogen-bond acceptors (Lipinski definition) is 1. The second-order valence-electron chi connectivity index (χ2n) is 5.96. The van der Waals surface area contributed by atoms with E-state index in [-0.39, 0.29) is 5.54 Å². The molecule has 1 N–H and O–H groups in total. The number of aryl methyl sites for hydroxylation is 1. The first-order valence-electron chi connectivity index (χ1n) is 8.18. The summed E-state index contributed by atoms with van der Waals surface area (Å²) in [6, 6.07) is 21.3. The summed E-state index contributed by atoms with van der Waals surface area (Å²) in [5, 5.41) is 3.52. The molecule has 1 unspecified atom stereocenters. The Balaban J connectivity index is 1.87. The van der Waals surface area contributed by atoms with Crippen LogP contribution in [0.5, 0.6) is 0 Å². The van der Waals surface area contributed by atoms with Crippen molar-refractivity contribution in [1.29, 1.82) is 0 Å². The molecule has 0 bridgehead atoms. The van der Waals surface area contributed by atoms with E-state index in [0.717, 1.165) is 12.8 Å². The lowest BCUT2D eigenvalue weighted by Gasteiger charge is -2.28. The van der Waals surface area contributed by atoms with Crippen LogP contribution in [0.4, 0.5) is 0 Å². The first-order chi connectivity index (χ1) is 11.3. The zero-order chi connectivity index (χ0) is 16.0. The molecule has 1 nitrogen and oxygen atoms in total. The molecular formula is C22H23N. The van der Waals surface area contributed by atoms with Gasteiger partial charge in [0.25, 0.3) is 0 Å². The zero-order valence-corrected chi connectivity index (χ0v) is 13.6. The molecule has 0 saturated heterocycles. The Labute approximate surface area is 139 Å². The summed E-state index contributed by atoms with van der Waals surface area (Å²) < 4.78 is 0. The number of hydrogen-bond donors (Lipinski definition) is 1. The van der Waals surface area contributed by atoms with Crippen LogP contribution in [0, 0.1) is 0 Å². The Morgan fingerprint density at radius 2 is 1.57 bits per heavy atom. The predicted molar refractivity (Wildman–Crippen MR) is 99.3 cm³/mol. The van der Waals surface area contributed by atoms with E-state index in [1.807, 2.05) is 7.05 Å². The molecule has 3 rings (SSSR count). The summed E-state index contributed by atoms with van der Waals surface area (Å²) >= 11 is 0. The van der Waals surface area contributed by atoms with Crippen molar-refractivity contribution in [2.45, 2.75) is 18.4 Å². The van der Waals surface area contributed by atoms with Gasteiger partial charge in [-0.2, -0.15) is 0 Å². The van der Waals surface area contributed by atoms with E-state index in [1.54, 1.807) is 0 Å². The fourth-order valence-electron chi connectivity index (χ4n) is 3.00. The standard InChI is InChI=1S/C22H23N/c1-23-22(17-15-19-10-4-2-5-11-19)16-9-8-14-21(18-22)20-12-6-3-7-13-20/h2-14,16,18,23H,15,17H2,1H3. The van der Waals surface area contributed by atoms with E-state index in [4.69, 9.17) is 0 Å². The van der Waals surface area contributed by atoms with Gasteiger partial charge in [-0.3, -0.25) is 0 Å². The lowest BCUT2D eigenvalue weighted by molar-refractivity contribution is 0.496. The molecule has 0 amide bonds. The lowest BCUT2D eigenvalue weighted by atomic mass is 9.88. The van der Waals surface area contributed by atoms with Gasteiger partial charge >= 0.3 is 0 Å². The average Bonchev–Trinajstić information content (AvgIpc) is 2.85. The maximum atomic E-state index is 3.52. The summed E-state index contributed by atoms with van der Waals surface area (Å²) in [5.41, 5.74) is 3.78. The van der Waals surface area contributed by atoms with Gasteiger partial charge in [0.05, 0.1) is 5.54 Å². The molecule has 0 aromatic heterocycles. The maximum absolute atomic E-state index is 3.52. The Morgan fingerprint density at radius 1 is 0.870 bits per heavy atom. The highest BCUT2D eigenvalue weighted by Gasteiger charge is 2.23. The maximum Gasteiger partial charge on any atom is 0.0562 e. The van der Waals surface area contributed by atoms with Crippen molar-refractivity contribution in [1.82, 2.24) is 5.32 Å². The number of rotatable bonds is 5. The molecule has 1 aliphatic rings. The van der Waals surface area contributed by atoms with Gasteiger partial charge in [-0.1, -0.05) is 91.0 Å². The van der Waals surface area contributed by atoms with E-state index in [0.29, 0.717) is 0 Å². The van der Waals surface area contributed by atoms with Crippen molar-refractivity contribution < 1.29 is 0 Å². The number of nitrogens with one attached hydrogen (secondary N) is 1. The monoisotopic (exact) mass is 301 g/mol. The van der Waals surface area contributed by atoms with Crippen molar-refractivity contribution >= 4 is 5.57 Å². The molecule has 1 heteroatoms. The second-order valence-corrected chi connectivity index (χ2v) is 5.96. The van der Waals surface area contributed by atoms with Crippen molar-refractivity contribution in [2.24, 2.45) is 0 Å². The van der Waals surface area contributed by atoms with Crippen LogP contribution in [0.2, 0.25) is 0 Å². The van der Waals surface area contributed by atoms with Gasteiger partial charge in [0.15, 0.2) is 0 Å². The van der Waals surface area contributed by atoms with Gasteiger partial charge in [-0.15, -0.1) is 0 Å². The fraction of sp³-hybridized carbons (Fsp3) is 0.182. The Morgan fingerprint density at radius 3 is 2.26 bits per heavy atom. The normalized spacial score (nSPS) is 20.1. The van der Waals surface area contributed by atoms with Crippen LogP contribution in [0.15, 0.2) is 91.0 Å². The molecule has 2 aromatic carbocycles. The molecule has 116 valence electrons. The van der Waals surface area contributed by atoms with Crippen molar-refractivity contribution in [2.75, 3.05) is 7.05 Å². The third-order valence-corrected chi connectivity index (χ3v) is 4.44. The average molecular weight is 301 g/mol. The molecule has 0 fully saturated rings. The molecule has 0 aliphatic heterocycles. The molecule has 0 radical (unpaired) electrons. The van der Waals surface area contributed by atoms with Crippen molar-refractivity contribution in [3.05, 3.63) is 102 Å². The molecular weight excluding hydrogens is 278 g/mol. The first-order valence-corrected chi connectivity index (χ1v) is 8.18. The number of benzene rings is 2. The summed E-state index contributed by atoms with van der Waals surface area (Å²) in [6.07, 6.45) is 13.2. The predicted octanol–water partition coefficient (Wildman–Crippen LogP) is 4.79. The largest absolute Gasteiger partial charge is 0.308 e. The van der Waals surface area contributed by atoms with Gasteiger partial charge in [0.2, 0.25) is 0 Å². The fourth-order valence-corrected chi connectivity index (χ4v) is 3.00. The smallest absolute Gasteiger partial charge is 0.0562 e. The van der Waals surface area contributed by atoms with Crippen LogP contribution in [-0.4, -0.2) is 12.6 Å². The van der Waals surface area contributed by atoms with E-state index >= 15 is 0 Å². The third kappa shape index (κ3) is 3.88. The Hall–Kier alpha value is -2.38.